The summed E-state index contributed by atoms with van der Waals surface area (Å²) < 4.78 is 10.5. The number of carbonyl (C=O) groups excluding carboxylic acids is 1. The quantitative estimate of drug-likeness (QED) is 0.773. The topological polar surface area (TPSA) is 55.8 Å². The van der Waals surface area contributed by atoms with E-state index in [0.29, 0.717) is 18.8 Å². The lowest BCUT2D eigenvalue weighted by Crippen LogP contribution is -2.41. The molecule has 16 heavy (non-hydrogen) atoms. The fourth-order valence-corrected chi connectivity index (χ4v) is 1.84. The molecule has 1 atom stereocenters. The third-order valence-electron chi connectivity index (χ3n) is 2.61. The number of esters is 1. The molecule has 0 saturated carbocycles. The molecule has 0 fully saturated rings. The zero-order valence-corrected chi connectivity index (χ0v) is 9.32. The summed E-state index contributed by atoms with van der Waals surface area (Å²) in [7, 11) is 0. The fraction of sp³-hybridized carbons (Fsp3) is 0.417. The van der Waals surface area contributed by atoms with Gasteiger partial charge in [-0.05, 0) is 32.0 Å². The molecule has 0 aliphatic carbocycles. The Morgan fingerprint density at radius 3 is 3.06 bits per heavy atom. The number of phenols is 1. The number of aromatic hydroxyl groups is 1. The zero-order valence-electron chi connectivity index (χ0n) is 9.32. The second kappa shape index (κ2) is 3.70. The molecule has 86 valence electrons. The van der Waals surface area contributed by atoms with Crippen molar-refractivity contribution < 1.29 is 19.4 Å². The van der Waals surface area contributed by atoms with Crippen molar-refractivity contribution in [3.05, 3.63) is 23.8 Å². The lowest BCUT2D eigenvalue weighted by atomic mass is 9.99. The van der Waals surface area contributed by atoms with Gasteiger partial charge in [0, 0.05) is 12.0 Å². The normalized spacial score (nSPS) is 22.4. The molecule has 0 spiro atoms. The first kappa shape index (κ1) is 10.8. The first-order valence-electron chi connectivity index (χ1n) is 5.23. The van der Waals surface area contributed by atoms with E-state index in [9.17, 15) is 9.90 Å². The van der Waals surface area contributed by atoms with Crippen molar-refractivity contribution in [3.63, 3.8) is 0 Å². The Balaban J connectivity index is 2.24. The number of rotatable bonds is 2. The SMILES string of the molecule is CCOC(=O)C1(C)Cc2cc(O)ccc2O1. The van der Waals surface area contributed by atoms with Gasteiger partial charge in [0.15, 0.2) is 0 Å². The van der Waals surface area contributed by atoms with E-state index >= 15 is 0 Å². The Morgan fingerprint density at radius 2 is 2.38 bits per heavy atom. The van der Waals surface area contributed by atoms with Gasteiger partial charge >= 0.3 is 5.97 Å². The highest BCUT2D eigenvalue weighted by Gasteiger charge is 2.43. The molecule has 2 rings (SSSR count). The average Bonchev–Trinajstić information content (AvgIpc) is 2.55. The van der Waals surface area contributed by atoms with E-state index in [-0.39, 0.29) is 11.7 Å². The molecule has 0 aromatic heterocycles. The van der Waals surface area contributed by atoms with Crippen molar-refractivity contribution in [1.82, 2.24) is 0 Å². The Kier molecular flexibility index (Phi) is 2.50. The first-order valence-corrected chi connectivity index (χ1v) is 5.23. The number of benzene rings is 1. The average molecular weight is 222 g/mol. The molecule has 4 heteroatoms. The molecule has 1 aromatic carbocycles. The minimum absolute atomic E-state index is 0.176. The van der Waals surface area contributed by atoms with Crippen LogP contribution in [0, 0.1) is 0 Å². The lowest BCUT2D eigenvalue weighted by molar-refractivity contribution is -0.158. The van der Waals surface area contributed by atoms with E-state index in [0.717, 1.165) is 5.56 Å². The minimum Gasteiger partial charge on any atom is -0.508 e. The monoisotopic (exact) mass is 222 g/mol. The maximum absolute atomic E-state index is 11.7. The Morgan fingerprint density at radius 1 is 1.62 bits per heavy atom. The van der Waals surface area contributed by atoms with Crippen molar-refractivity contribution in [1.29, 1.82) is 0 Å². The van der Waals surface area contributed by atoms with Crippen molar-refractivity contribution in [2.45, 2.75) is 25.9 Å². The highest BCUT2D eigenvalue weighted by molar-refractivity contribution is 5.81. The van der Waals surface area contributed by atoms with Gasteiger partial charge in [0.1, 0.15) is 11.5 Å². The van der Waals surface area contributed by atoms with Crippen LogP contribution in [-0.4, -0.2) is 23.3 Å². The van der Waals surface area contributed by atoms with Crippen LogP contribution in [0.1, 0.15) is 19.4 Å². The highest BCUT2D eigenvalue weighted by atomic mass is 16.6. The van der Waals surface area contributed by atoms with Crippen LogP contribution in [0.5, 0.6) is 11.5 Å². The molecule has 1 N–H and O–H groups in total. The predicted octanol–water partition coefficient (Wildman–Crippen LogP) is 1.65. The number of ether oxygens (including phenoxy) is 2. The second-order valence-electron chi connectivity index (χ2n) is 4.02. The van der Waals surface area contributed by atoms with Crippen molar-refractivity contribution in [3.8, 4) is 11.5 Å². The van der Waals surface area contributed by atoms with E-state index in [1.54, 1.807) is 26.0 Å². The highest BCUT2D eigenvalue weighted by Crippen LogP contribution is 2.37. The van der Waals surface area contributed by atoms with E-state index in [2.05, 4.69) is 0 Å². The number of fused-ring (bicyclic) bond motifs is 1. The van der Waals surface area contributed by atoms with Crippen molar-refractivity contribution >= 4 is 5.97 Å². The predicted molar refractivity (Wildman–Crippen MR) is 57.5 cm³/mol. The van der Waals surface area contributed by atoms with Gasteiger partial charge in [-0.1, -0.05) is 0 Å². The minimum atomic E-state index is -0.966. The lowest BCUT2D eigenvalue weighted by Gasteiger charge is -2.21. The maximum Gasteiger partial charge on any atom is 0.350 e. The third kappa shape index (κ3) is 1.71. The second-order valence-corrected chi connectivity index (χ2v) is 4.02. The summed E-state index contributed by atoms with van der Waals surface area (Å²) in [6.07, 6.45) is 0.426. The van der Waals surface area contributed by atoms with Crippen LogP contribution < -0.4 is 4.74 Å². The Bertz CT molecular complexity index is 427. The summed E-state index contributed by atoms with van der Waals surface area (Å²) >= 11 is 0. The zero-order chi connectivity index (χ0) is 11.8. The van der Waals surface area contributed by atoms with Gasteiger partial charge in [0.25, 0.3) is 0 Å². The van der Waals surface area contributed by atoms with E-state index < -0.39 is 5.60 Å². The molecule has 1 aliphatic heterocycles. The molecule has 0 saturated heterocycles. The van der Waals surface area contributed by atoms with Gasteiger partial charge in [0.05, 0.1) is 6.61 Å². The van der Waals surface area contributed by atoms with Crippen molar-refractivity contribution in [2.75, 3.05) is 6.61 Å². The maximum atomic E-state index is 11.7. The molecule has 1 aliphatic rings. The molecule has 0 amide bonds. The number of phenolic OH excluding ortho intramolecular Hbond substituents is 1. The van der Waals surface area contributed by atoms with Gasteiger partial charge in [0.2, 0.25) is 5.60 Å². The molecule has 1 heterocycles. The van der Waals surface area contributed by atoms with Gasteiger partial charge in [-0.25, -0.2) is 4.79 Å². The summed E-state index contributed by atoms with van der Waals surface area (Å²) in [4.78, 5) is 11.7. The molecular formula is C12H14O4. The van der Waals surface area contributed by atoms with E-state index in [1.165, 1.54) is 6.07 Å². The molecule has 0 bridgehead atoms. The van der Waals surface area contributed by atoms with Crippen LogP contribution in [0.25, 0.3) is 0 Å². The van der Waals surface area contributed by atoms with E-state index in [4.69, 9.17) is 9.47 Å². The smallest absolute Gasteiger partial charge is 0.350 e. The standard InChI is InChI=1S/C12H14O4/c1-3-15-11(14)12(2)7-8-6-9(13)4-5-10(8)16-12/h4-6,13H,3,7H2,1-2H3. The largest absolute Gasteiger partial charge is 0.508 e. The first-order chi connectivity index (χ1) is 7.55. The molecule has 0 radical (unpaired) electrons. The Labute approximate surface area is 93.8 Å². The fourth-order valence-electron chi connectivity index (χ4n) is 1.84. The van der Waals surface area contributed by atoms with Gasteiger partial charge in [-0.15, -0.1) is 0 Å². The van der Waals surface area contributed by atoms with Crippen LogP contribution in [0.15, 0.2) is 18.2 Å². The molecule has 1 unspecified atom stereocenters. The molecular weight excluding hydrogens is 208 g/mol. The van der Waals surface area contributed by atoms with Crippen LogP contribution in [0.4, 0.5) is 0 Å². The summed E-state index contributed by atoms with van der Waals surface area (Å²) in [5.41, 5.74) is -0.137. The number of hydrogen-bond acceptors (Lipinski definition) is 4. The summed E-state index contributed by atoms with van der Waals surface area (Å²) in [6.45, 7) is 3.79. The summed E-state index contributed by atoms with van der Waals surface area (Å²) in [6, 6.07) is 4.81. The van der Waals surface area contributed by atoms with E-state index in [1.807, 2.05) is 0 Å². The van der Waals surface area contributed by atoms with Crippen molar-refractivity contribution in [2.24, 2.45) is 0 Å². The van der Waals surface area contributed by atoms with Gasteiger partial charge in [-0.3, -0.25) is 0 Å². The van der Waals surface area contributed by atoms with Crippen LogP contribution in [-0.2, 0) is 16.0 Å². The summed E-state index contributed by atoms with van der Waals surface area (Å²) in [5.74, 6) is 0.439. The van der Waals surface area contributed by atoms with Crippen LogP contribution in [0.3, 0.4) is 0 Å². The van der Waals surface area contributed by atoms with Crippen LogP contribution >= 0.6 is 0 Å². The Hall–Kier alpha value is -1.71. The summed E-state index contributed by atoms with van der Waals surface area (Å²) in [5, 5.41) is 9.34. The molecule has 4 nitrogen and oxygen atoms in total. The van der Waals surface area contributed by atoms with Gasteiger partial charge in [-0.2, -0.15) is 0 Å². The van der Waals surface area contributed by atoms with Gasteiger partial charge < -0.3 is 14.6 Å². The van der Waals surface area contributed by atoms with Crippen LogP contribution in [0.2, 0.25) is 0 Å². The number of carbonyl (C=O) groups is 1. The number of hydrogen-bond donors (Lipinski definition) is 1. The molecule has 1 aromatic rings. The third-order valence-corrected chi connectivity index (χ3v) is 2.61.